The Morgan fingerprint density at radius 2 is 1.78 bits per heavy atom. The molecule has 5 nitrogen and oxygen atoms in total. The molecule has 1 fully saturated rings. The van der Waals surface area contributed by atoms with Gasteiger partial charge in [-0.2, -0.15) is 0 Å². The number of amides is 1. The number of aryl methyl sites for hydroxylation is 1. The number of hydrogen-bond donors (Lipinski definition) is 1. The molecular weight excluding hydrogens is 358 g/mol. The SMILES string of the molecule is Cc1nc(C(=O)Nc2ccccc2N2CCOCC2)c(-c2ccccc2)s1. The minimum Gasteiger partial charge on any atom is -0.378 e. The zero-order valence-corrected chi connectivity index (χ0v) is 16.0. The van der Waals surface area contributed by atoms with Crippen molar-refractivity contribution in [2.24, 2.45) is 0 Å². The maximum Gasteiger partial charge on any atom is 0.275 e. The average molecular weight is 379 g/mol. The number of aromatic nitrogens is 1. The van der Waals surface area contributed by atoms with Crippen molar-refractivity contribution in [2.75, 3.05) is 36.5 Å². The van der Waals surface area contributed by atoms with Crippen LogP contribution in [0.2, 0.25) is 0 Å². The summed E-state index contributed by atoms with van der Waals surface area (Å²) in [6.45, 7) is 4.96. The van der Waals surface area contributed by atoms with Crippen LogP contribution in [0.5, 0.6) is 0 Å². The Hall–Kier alpha value is -2.70. The van der Waals surface area contributed by atoms with E-state index in [1.54, 1.807) is 0 Å². The maximum absolute atomic E-state index is 13.0. The first-order valence-electron chi connectivity index (χ1n) is 8.98. The molecule has 1 N–H and O–H groups in total. The van der Waals surface area contributed by atoms with Gasteiger partial charge in [-0.05, 0) is 24.6 Å². The van der Waals surface area contributed by atoms with Gasteiger partial charge in [-0.1, -0.05) is 42.5 Å². The molecule has 0 unspecified atom stereocenters. The van der Waals surface area contributed by atoms with Crippen molar-refractivity contribution in [3.05, 3.63) is 65.3 Å². The summed E-state index contributed by atoms with van der Waals surface area (Å²) in [6.07, 6.45) is 0. The molecule has 0 spiro atoms. The van der Waals surface area contributed by atoms with Crippen molar-refractivity contribution < 1.29 is 9.53 Å². The van der Waals surface area contributed by atoms with Gasteiger partial charge in [0.1, 0.15) is 5.69 Å². The topological polar surface area (TPSA) is 54.5 Å². The van der Waals surface area contributed by atoms with Gasteiger partial charge in [0, 0.05) is 13.1 Å². The van der Waals surface area contributed by atoms with Gasteiger partial charge >= 0.3 is 0 Å². The van der Waals surface area contributed by atoms with Crippen LogP contribution in [0.4, 0.5) is 11.4 Å². The monoisotopic (exact) mass is 379 g/mol. The smallest absolute Gasteiger partial charge is 0.275 e. The number of rotatable bonds is 4. The van der Waals surface area contributed by atoms with Crippen LogP contribution >= 0.6 is 11.3 Å². The number of nitrogens with one attached hydrogen (secondary N) is 1. The lowest BCUT2D eigenvalue weighted by molar-refractivity contribution is 0.102. The van der Waals surface area contributed by atoms with Crippen LogP contribution < -0.4 is 10.2 Å². The zero-order valence-electron chi connectivity index (χ0n) is 15.1. The van der Waals surface area contributed by atoms with E-state index in [1.807, 2.05) is 61.5 Å². The lowest BCUT2D eigenvalue weighted by atomic mass is 10.1. The molecule has 0 radical (unpaired) electrons. The molecule has 3 aromatic rings. The number of carbonyl (C=O) groups excluding carboxylic acids is 1. The maximum atomic E-state index is 13.0. The van der Waals surface area contributed by atoms with Gasteiger partial charge in [-0.25, -0.2) is 4.98 Å². The molecule has 2 aromatic carbocycles. The van der Waals surface area contributed by atoms with E-state index in [4.69, 9.17) is 4.74 Å². The Morgan fingerprint density at radius 3 is 2.56 bits per heavy atom. The molecule has 1 saturated heterocycles. The number of hydrogen-bond acceptors (Lipinski definition) is 5. The Kier molecular flexibility index (Phi) is 5.18. The van der Waals surface area contributed by atoms with E-state index >= 15 is 0 Å². The number of para-hydroxylation sites is 2. The quantitative estimate of drug-likeness (QED) is 0.738. The number of carbonyl (C=O) groups is 1. The molecule has 27 heavy (non-hydrogen) atoms. The van der Waals surface area contributed by atoms with Gasteiger partial charge in [-0.3, -0.25) is 4.79 Å². The van der Waals surface area contributed by atoms with Gasteiger partial charge in [0.15, 0.2) is 0 Å². The van der Waals surface area contributed by atoms with Crippen LogP contribution in [0.15, 0.2) is 54.6 Å². The van der Waals surface area contributed by atoms with Crippen LogP contribution in [0.25, 0.3) is 10.4 Å². The fraction of sp³-hybridized carbons (Fsp3) is 0.238. The normalized spacial score (nSPS) is 14.2. The molecule has 6 heteroatoms. The number of nitrogens with zero attached hydrogens (tertiary/aromatic N) is 2. The van der Waals surface area contributed by atoms with Crippen molar-refractivity contribution in [3.63, 3.8) is 0 Å². The molecule has 138 valence electrons. The van der Waals surface area contributed by atoms with Crippen LogP contribution in [-0.4, -0.2) is 37.2 Å². The molecular formula is C21H21N3O2S. The first-order valence-corrected chi connectivity index (χ1v) is 9.80. The van der Waals surface area contributed by atoms with E-state index in [-0.39, 0.29) is 5.91 Å². The number of ether oxygens (including phenoxy) is 1. The fourth-order valence-corrected chi connectivity index (χ4v) is 4.13. The number of thiazole rings is 1. The molecule has 0 saturated carbocycles. The standard InChI is InChI=1S/C21H21N3O2S/c1-15-22-19(20(27-15)16-7-3-2-4-8-16)21(25)23-17-9-5-6-10-18(17)24-11-13-26-14-12-24/h2-10H,11-14H2,1H3,(H,23,25). The van der Waals surface area contributed by atoms with Crippen molar-refractivity contribution in [3.8, 4) is 10.4 Å². The van der Waals surface area contributed by atoms with Crippen molar-refractivity contribution >= 4 is 28.6 Å². The summed E-state index contributed by atoms with van der Waals surface area (Å²) >= 11 is 1.54. The Labute approximate surface area is 162 Å². The Bertz CT molecular complexity index is 934. The summed E-state index contributed by atoms with van der Waals surface area (Å²) in [4.78, 5) is 20.7. The van der Waals surface area contributed by atoms with Gasteiger partial charge < -0.3 is 15.0 Å². The molecule has 1 aliphatic rings. The molecule has 2 heterocycles. The largest absolute Gasteiger partial charge is 0.378 e. The van der Waals surface area contributed by atoms with Crippen LogP contribution in [0.1, 0.15) is 15.5 Å². The van der Waals surface area contributed by atoms with E-state index < -0.39 is 0 Å². The highest BCUT2D eigenvalue weighted by Crippen LogP contribution is 2.32. The molecule has 0 aliphatic carbocycles. The Balaban J connectivity index is 1.63. The highest BCUT2D eigenvalue weighted by atomic mass is 32.1. The first kappa shape index (κ1) is 17.7. The molecule has 0 bridgehead atoms. The van der Waals surface area contributed by atoms with Crippen LogP contribution in [0.3, 0.4) is 0 Å². The summed E-state index contributed by atoms with van der Waals surface area (Å²) in [5, 5.41) is 3.95. The van der Waals surface area contributed by atoms with Crippen molar-refractivity contribution in [1.29, 1.82) is 0 Å². The van der Waals surface area contributed by atoms with Crippen molar-refractivity contribution in [2.45, 2.75) is 6.92 Å². The fourth-order valence-electron chi connectivity index (χ4n) is 3.21. The lowest BCUT2D eigenvalue weighted by Gasteiger charge is -2.30. The van der Waals surface area contributed by atoms with Crippen LogP contribution in [0, 0.1) is 6.92 Å². The van der Waals surface area contributed by atoms with E-state index in [2.05, 4.69) is 15.2 Å². The molecule has 1 amide bonds. The van der Waals surface area contributed by atoms with Crippen molar-refractivity contribution in [1.82, 2.24) is 4.98 Å². The van der Waals surface area contributed by atoms with E-state index in [1.165, 1.54) is 11.3 Å². The minimum absolute atomic E-state index is 0.182. The summed E-state index contributed by atoms with van der Waals surface area (Å²) in [5.74, 6) is -0.182. The molecule has 0 atom stereocenters. The summed E-state index contributed by atoms with van der Waals surface area (Å²) in [6, 6.07) is 17.8. The predicted octanol–water partition coefficient (Wildman–Crippen LogP) is 4.21. The number of benzene rings is 2. The summed E-state index contributed by atoms with van der Waals surface area (Å²) in [5.41, 5.74) is 3.30. The highest BCUT2D eigenvalue weighted by Gasteiger charge is 2.21. The van der Waals surface area contributed by atoms with Gasteiger partial charge in [0.05, 0.1) is 34.5 Å². The number of anilines is 2. The summed E-state index contributed by atoms with van der Waals surface area (Å²) in [7, 11) is 0. The van der Waals surface area contributed by atoms with E-state index in [0.717, 1.165) is 39.9 Å². The highest BCUT2D eigenvalue weighted by molar-refractivity contribution is 7.15. The van der Waals surface area contributed by atoms with Gasteiger partial charge in [0.2, 0.25) is 0 Å². The second kappa shape index (κ2) is 7.90. The van der Waals surface area contributed by atoms with E-state index in [0.29, 0.717) is 18.9 Å². The predicted molar refractivity (Wildman–Crippen MR) is 110 cm³/mol. The third-order valence-electron chi connectivity index (χ3n) is 4.49. The lowest BCUT2D eigenvalue weighted by Crippen LogP contribution is -2.36. The Morgan fingerprint density at radius 1 is 1.07 bits per heavy atom. The molecule has 4 rings (SSSR count). The first-order chi connectivity index (χ1) is 13.2. The third-order valence-corrected chi connectivity index (χ3v) is 5.51. The van der Waals surface area contributed by atoms with Crippen LogP contribution in [-0.2, 0) is 4.74 Å². The second-order valence-electron chi connectivity index (χ2n) is 6.35. The van der Waals surface area contributed by atoms with E-state index in [9.17, 15) is 4.79 Å². The van der Waals surface area contributed by atoms with Gasteiger partial charge in [-0.15, -0.1) is 11.3 Å². The summed E-state index contributed by atoms with van der Waals surface area (Å²) < 4.78 is 5.44. The van der Waals surface area contributed by atoms with Gasteiger partial charge in [0.25, 0.3) is 5.91 Å². The molecule has 1 aromatic heterocycles. The minimum atomic E-state index is -0.182. The second-order valence-corrected chi connectivity index (χ2v) is 7.55. The molecule has 1 aliphatic heterocycles. The average Bonchev–Trinajstić information content (AvgIpc) is 3.12. The zero-order chi connectivity index (χ0) is 18.6. The number of morpholine rings is 1. The third kappa shape index (κ3) is 3.86.